The second kappa shape index (κ2) is 8.79. The molecule has 2 aromatic rings. The molecule has 0 radical (unpaired) electrons. The lowest BCUT2D eigenvalue weighted by molar-refractivity contribution is -0.122. The standard InChI is InChI=1S/C20H24FN3O3S/c1-15(19-7-2-3-10-22-19)23-20(25)13-16-8-11-24(12-9-16)28(26,27)18-6-4-5-17(21)14-18/h2-7,10,14-16H,8-9,11-13H2,1H3,(H,23,25)/t15-/m1/s1. The Morgan fingerprint density at radius 1 is 1.25 bits per heavy atom. The Balaban J connectivity index is 1.52. The van der Waals surface area contributed by atoms with E-state index in [4.69, 9.17) is 0 Å². The Hall–Kier alpha value is -2.32. The number of rotatable bonds is 6. The highest BCUT2D eigenvalue weighted by Crippen LogP contribution is 2.26. The third kappa shape index (κ3) is 4.94. The van der Waals surface area contributed by atoms with Crippen LogP contribution >= 0.6 is 0 Å². The van der Waals surface area contributed by atoms with Gasteiger partial charge in [-0.05, 0) is 56.0 Å². The number of benzene rings is 1. The number of hydrogen-bond acceptors (Lipinski definition) is 4. The summed E-state index contributed by atoms with van der Waals surface area (Å²) in [6, 6.07) is 10.4. The minimum absolute atomic E-state index is 0.0344. The largest absolute Gasteiger partial charge is 0.348 e. The summed E-state index contributed by atoms with van der Waals surface area (Å²) in [6.45, 7) is 2.54. The van der Waals surface area contributed by atoms with E-state index in [1.807, 2.05) is 25.1 Å². The van der Waals surface area contributed by atoms with Crippen LogP contribution in [-0.4, -0.2) is 36.7 Å². The number of pyridine rings is 1. The van der Waals surface area contributed by atoms with Crippen LogP contribution in [0, 0.1) is 11.7 Å². The highest BCUT2D eigenvalue weighted by atomic mass is 32.2. The molecule has 150 valence electrons. The first-order chi connectivity index (χ1) is 13.4. The molecule has 0 bridgehead atoms. The van der Waals surface area contributed by atoms with Gasteiger partial charge in [-0.25, -0.2) is 12.8 Å². The van der Waals surface area contributed by atoms with E-state index in [0.717, 1.165) is 11.8 Å². The molecule has 1 aromatic carbocycles. The van der Waals surface area contributed by atoms with Gasteiger partial charge in [0.25, 0.3) is 0 Å². The molecule has 1 amide bonds. The van der Waals surface area contributed by atoms with Crippen LogP contribution < -0.4 is 5.32 Å². The molecule has 1 saturated heterocycles. The molecular formula is C20H24FN3O3S. The number of sulfonamides is 1. The van der Waals surface area contributed by atoms with Gasteiger partial charge in [0.05, 0.1) is 16.6 Å². The smallest absolute Gasteiger partial charge is 0.243 e. The predicted octanol–water partition coefficient (Wildman–Crippen LogP) is 2.89. The maximum absolute atomic E-state index is 13.4. The summed E-state index contributed by atoms with van der Waals surface area (Å²) in [5, 5.41) is 2.94. The van der Waals surface area contributed by atoms with Crippen molar-refractivity contribution in [3.63, 3.8) is 0 Å². The fourth-order valence-corrected chi connectivity index (χ4v) is 4.90. The van der Waals surface area contributed by atoms with Crippen molar-refractivity contribution in [1.29, 1.82) is 0 Å². The van der Waals surface area contributed by atoms with Gasteiger partial charge >= 0.3 is 0 Å². The lowest BCUT2D eigenvalue weighted by Crippen LogP contribution is -2.39. The first-order valence-corrected chi connectivity index (χ1v) is 10.8. The van der Waals surface area contributed by atoms with E-state index >= 15 is 0 Å². The molecule has 8 heteroatoms. The van der Waals surface area contributed by atoms with Gasteiger partial charge in [-0.2, -0.15) is 4.31 Å². The zero-order chi connectivity index (χ0) is 20.1. The summed E-state index contributed by atoms with van der Waals surface area (Å²) in [7, 11) is -3.71. The molecule has 1 N–H and O–H groups in total. The molecule has 1 atom stereocenters. The van der Waals surface area contributed by atoms with Gasteiger partial charge in [-0.3, -0.25) is 9.78 Å². The molecule has 1 aromatic heterocycles. The highest BCUT2D eigenvalue weighted by Gasteiger charge is 2.30. The van der Waals surface area contributed by atoms with Gasteiger partial charge in [0.15, 0.2) is 0 Å². The van der Waals surface area contributed by atoms with Crippen LogP contribution in [0.1, 0.15) is 37.9 Å². The van der Waals surface area contributed by atoms with Crippen molar-refractivity contribution in [1.82, 2.24) is 14.6 Å². The van der Waals surface area contributed by atoms with Crippen LogP contribution in [0.15, 0.2) is 53.6 Å². The van der Waals surface area contributed by atoms with Crippen LogP contribution in [0.5, 0.6) is 0 Å². The molecule has 6 nitrogen and oxygen atoms in total. The molecule has 28 heavy (non-hydrogen) atoms. The van der Waals surface area contributed by atoms with E-state index in [1.165, 1.54) is 22.5 Å². The predicted molar refractivity (Wildman–Crippen MR) is 103 cm³/mol. The average Bonchev–Trinajstić information content (AvgIpc) is 2.69. The van der Waals surface area contributed by atoms with Crippen molar-refractivity contribution in [3.8, 4) is 0 Å². The summed E-state index contributed by atoms with van der Waals surface area (Å²) in [5.41, 5.74) is 0.798. The number of carbonyl (C=O) groups is 1. The van der Waals surface area contributed by atoms with Gasteiger partial charge in [-0.1, -0.05) is 12.1 Å². The second-order valence-corrected chi connectivity index (χ2v) is 8.99. The summed E-state index contributed by atoms with van der Waals surface area (Å²) in [5.74, 6) is -0.519. The SMILES string of the molecule is C[C@@H](NC(=O)CC1CCN(S(=O)(=O)c2cccc(F)c2)CC1)c1ccccn1. The second-order valence-electron chi connectivity index (χ2n) is 7.05. The molecule has 1 fully saturated rings. The zero-order valence-corrected chi connectivity index (χ0v) is 16.5. The first-order valence-electron chi connectivity index (χ1n) is 9.32. The number of nitrogens with zero attached hydrogens (tertiary/aromatic N) is 2. The normalized spacial score (nSPS) is 17.2. The molecule has 1 aliphatic rings. The van der Waals surface area contributed by atoms with E-state index in [1.54, 1.807) is 6.20 Å². The van der Waals surface area contributed by atoms with Crippen LogP contribution in [0.2, 0.25) is 0 Å². The lowest BCUT2D eigenvalue weighted by atomic mass is 9.94. The van der Waals surface area contributed by atoms with Crippen LogP contribution in [-0.2, 0) is 14.8 Å². The summed E-state index contributed by atoms with van der Waals surface area (Å²) >= 11 is 0. The Kier molecular flexibility index (Phi) is 6.41. The number of aromatic nitrogens is 1. The molecule has 0 aliphatic carbocycles. The number of piperidine rings is 1. The van der Waals surface area contributed by atoms with Crippen LogP contribution in [0.4, 0.5) is 4.39 Å². The van der Waals surface area contributed by atoms with Gasteiger partial charge in [0.2, 0.25) is 15.9 Å². The fraction of sp³-hybridized carbons (Fsp3) is 0.400. The molecule has 0 spiro atoms. The molecule has 3 rings (SSSR count). The van der Waals surface area contributed by atoms with Gasteiger partial charge < -0.3 is 5.32 Å². The van der Waals surface area contributed by atoms with E-state index in [-0.39, 0.29) is 22.8 Å². The minimum Gasteiger partial charge on any atom is -0.348 e. The molecule has 1 aliphatic heterocycles. The van der Waals surface area contributed by atoms with Gasteiger partial charge in [0, 0.05) is 25.7 Å². The van der Waals surface area contributed by atoms with Crippen molar-refractivity contribution in [3.05, 3.63) is 60.2 Å². The highest BCUT2D eigenvalue weighted by molar-refractivity contribution is 7.89. The third-order valence-electron chi connectivity index (χ3n) is 4.99. The third-order valence-corrected chi connectivity index (χ3v) is 6.88. The van der Waals surface area contributed by atoms with E-state index in [0.29, 0.717) is 32.4 Å². The van der Waals surface area contributed by atoms with Gasteiger partial charge in [0.1, 0.15) is 5.82 Å². The maximum atomic E-state index is 13.4. The number of halogens is 1. The van der Waals surface area contributed by atoms with Crippen molar-refractivity contribution in [2.45, 2.75) is 37.1 Å². The minimum atomic E-state index is -3.71. The lowest BCUT2D eigenvalue weighted by Gasteiger charge is -2.31. The van der Waals surface area contributed by atoms with Crippen molar-refractivity contribution < 1.29 is 17.6 Å². The van der Waals surface area contributed by atoms with Gasteiger partial charge in [-0.15, -0.1) is 0 Å². The summed E-state index contributed by atoms with van der Waals surface area (Å²) in [4.78, 5) is 16.5. The quantitative estimate of drug-likeness (QED) is 0.802. The Labute approximate surface area is 164 Å². The van der Waals surface area contributed by atoms with E-state index in [9.17, 15) is 17.6 Å². The van der Waals surface area contributed by atoms with E-state index < -0.39 is 15.8 Å². The average molecular weight is 405 g/mol. The zero-order valence-electron chi connectivity index (χ0n) is 15.7. The van der Waals surface area contributed by atoms with E-state index in [2.05, 4.69) is 10.3 Å². The molecule has 0 unspecified atom stereocenters. The summed E-state index contributed by atoms with van der Waals surface area (Å²) in [6.07, 6.45) is 3.23. The Bertz CT molecular complexity index is 913. The Morgan fingerprint density at radius 3 is 2.64 bits per heavy atom. The fourth-order valence-electron chi connectivity index (χ4n) is 3.40. The number of hydrogen-bond donors (Lipinski definition) is 1. The van der Waals surface area contributed by atoms with Crippen LogP contribution in [0.25, 0.3) is 0 Å². The molecule has 2 heterocycles. The monoisotopic (exact) mass is 405 g/mol. The molecular weight excluding hydrogens is 381 g/mol. The number of amides is 1. The number of nitrogens with one attached hydrogen (secondary N) is 1. The summed E-state index contributed by atoms with van der Waals surface area (Å²) < 4.78 is 40.0. The topological polar surface area (TPSA) is 79.4 Å². The number of carbonyl (C=O) groups excluding carboxylic acids is 1. The molecule has 0 saturated carbocycles. The Morgan fingerprint density at radius 2 is 2.00 bits per heavy atom. The maximum Gasteiger partial charge on any atom is 0.243 e. The van der Waals surface area contributed by atoms with Crippen molar-refractivity contribution in [2.24, 2.45) is 5.92 Å². The van der Waals surface area contributed by atoms with Crippen LogP contribution in [0.3, 0.4) is 0 Å². The van der Waals surface area contributed by atoms with Crippen molar-refractivity contribution in [2.75, 3.05) is 13.1 Å². The van der Waals surface area contributed by atoms with Crippen molar-refractivity contribution >= 4 is 15.9 Å². The first kappa shape index (κ1) is 20.4.